The molecule has 0 aliphatic rings. The summed E-state index contributed by atoms with van der Waals surface area (Å²) >= 11 is 0. The molecule has 0 amide bonds. The lowest BCUT2D eigenvalue weighted by molar-refractivity contribution is -0.155. The van der Waals surface area contributed by atoms with Crippen LogP contribution < -0.4 is 0 Å². The Balaban J connectivity index is 4.32. The molecule has 2 nitrogen and oxygen atoms in total. The predicted octanol–water partition coefficient (Wildman–Crippen LogP) is 3.08. The maximum absolute atomic E-state index is 10.9. The highest BCUT2D eigenvalue weighted by molar-refractivity contribution is 5.66. The van der Waals surface area contributed by atoms with Crippen LogP contribution in [-0.2, 0) is 9.53 Å². The first kappa shape index (κ1) is 13.8. The number of carbonyl (C=O) groups excluding carboxylic acids is 1. The van der Waals surface area contributed by atoms with E-state index in [4.69, 9.17) is 11.2 Å². The summed E-state index contributed by atoms with van der Waals surface area (Å²) in [6.07, 6.45) is 9.50. The highest BCUT2D eigenvalue weighted by Crippen LogP contribution is 2.22. The van der Waals surface area contributed by atoms with Crippen LogP contribution in [0, 0.1) is 12.3 Å². The Hall–Kier alpha value is -1.23. The molecule has 0 aromatic carbocycles. The molecule has 0 N–H and O–H groups in total. The maximum atomic E-state index is 10.9. The fourth-order valence-corrected chi connectivity index (χ4v) is 1.40. The summed E-state index contributed by atoms with van der Waals surface area (Å²) in [6, 6.07) is 0. The van der Waals surface area contributed by atoms with Crippen molar-refractivity contribution in [2.45, 2.75) is 52.6 Å². The molecule has 1 unspecified atom stereocenters. The molecule has 1 atom stereocenters. The van der Waals surface area contributed by atoms with Crippen LogP contribution in [0.2, 0.25) is 0 Å². The molecule has 0 heterocycles. The minimum Gasteiger partial charge on any atom is -0.459 e. The normalized spacial score (nSPS) is 13.5. The predicted molar refractivity (Wildman–Crippen MR) is 62.3 cm³/mol. The van der Waals surface area contributed by atoms with E-state index in [-0.39, 0.29) is 5.97 Å². The molecular formula is C13H20O2. The summed E-state index contributed by atoms with van der Waals surface area (Å²) in [4.78, 5) is 10.9. The Morgan fingerprint density at radius 2 is 2.07 bits per heavy atom. The number of carbonyl (C=O) groups is 1. The molecule has 0 spiro atoms. The third-order valence-corrected chi connectivity index (χ3v) is 2.09. The molecule has 0 rings (SSSR count). The molecule has 0 saturated carbocycles. The number of hydrogen-bond donors (Lipinski definition) is 0. The minimum absolute atomic E-state index is 0.273. The summed E-state index contributed by atoms with van der Waals surface area (Å²) < 4.78 is 5.25. The standard InChI is InChI=1S/C13H20O2/c1-6-9-13(5,15-12(4)14)10-7-8-11(2)3/h1,8H,7,9-10H2,2-5H3. The van der Waals surface area contributed by atoms with Crippen molar-refractivity contribution < 1.29 is 9.53 Å². The maximum Gasteiger partial charge on any atom is 0.303 e. The molecule has 0 aromatic rings. The summed E-state index contributed by atoms with van der Waals surface area (Å²) in [6.45, 7) is 7.39. The molecule has 2 heteroatoms. The lowest BCUT2D eigenvalue weighted by atomic mass is 9.95. The van der Waals surface area contributed by atoms with E-state index >= 15 is 0 Å². The monoisotopic (exact) mass is 208 g/mol. The van der Waals surface area contributed by atoms with Gasteiger partial charge < -0.3 is 4.74 Å². The number of esters is 1. The van der Waals surface area contributed by atoms with Crippen LogP contribution in [0.3, 0.4) is 0 Å². The van der Waals surface area contributed by atoms with Crippen LogP contribution in [-0.4, -0.2) is 11.6 Å². The first-order valence-corrected chi connectivity index (χ1v) is 5.16. The molecule has 0 aliphatic heterocycles. The van der Waals surface area contributed by atoms with Crippen molar-refractivity contribution in [1.29, 1.82) is 0 Å². The fourth-order valence-electron chi connectivity index (χ4n) is 1.40. The summed E-state index contributed by atoms with van der Waals surface area (Å²) in [5.41, 5.74) is 0.743. The van der Waals surface area contributed by atoms with Gasteiger partial charge in [-0.05, 0) is 33.6 Å². The Labute approximate surface area is 92.7 Å². The van der Waals surface area contributed by atoms with Gasteiger partial charge in [-0.3, -0.25) is 4.79 Å². The lowest BCUT2D eigenvalue weighted by Gasteiger charge is -2.26. The van der Waals surface area contributed by atoms with Crippen molar-refractivity contribution in [3.8, 4) is 12.3 Å². The van der Waals surface area contributed by atoms with E-state index in [2.05, 4.69) is 12.0 Å². The quantitative estimate of drug-likeness (QED) is 0.394. The molecule has 0 aliphatic carbocycles. The Morgan fingerprint density at radius 1 is 1.47 bits per heavy atom. The van der Waals surface area contributed by atoms with Gasteiger partial charge in [0.25, 0.3) is 0 Å². The molecule has 0 radical (unpaired) electrons. The minimum atomic E-state index is -0.521. The second-order valence-electron chi connectivity index (χ2n) is 4.24. The summed E-state index contributed by atoms with van der Waals surface area (Å²) in [7, 11) is 0. The van der Waals surface area contributed by atoms with Crippen molar-refractivity contribution in [1.82, 2.24) is 0 Å². The summed E-state index contributed by atoms with van der Waals surface area (Å²) in [5.74, 6) is 2.28. The van der Waals surface area contributed by atoms with Gasteiger partial charge in [0.15, 0.2) is 0 Å². The van der Waals surface area contributed by atoms with Crippen LogP contribution in [0.4, 0.5) is 0 Å². The highest BCUT2D eigenvalue weighted by atomic mass is 16.6. The lowest BCUT2D eigenvalue weighted by Crippen LogP contribution is -2.30. The van der Waals surface area contributed by atoms with Crippen LogP contribution in [0.15, 0.2) is 11.6 Å². The van der Waals surface area contributed by atoms with Gasteiger partial charge in [0.2, 0.25) is 0 Å². The second kappa shape index (κ2) is 6.29. The third-order valence-electron chi connectivity index (χ3n) is 2.09. The fraction of sp³-hybridized carbons (Fsp3) is 0.615. The van der Waals surface area contributed by atoms with Crippen molar-refractivity contribution in [3.05, 3.63) is 11.6 Å². The molecule has 84 valence electrons. The van der Waals surface area contributed by atoms with Gasteiger partial charge in [0.05, 0.1) is 0 Å². The van der Waals surface area contributed by atoms with E-state index < -0.39 is 5.60 Å². The SMILES string of the molecule is C#CCC(C)(CCC=C(C)C)OC(C)=O. The van der Waals surface area contributed by atoms with Crippen LogP contribution in [0.5, 0.6) is 0 Å². The molecule has 0 aromatic heterocycles. The molecule has 15 heavy (non-hydrogen) atoms. The molecule has 0 fully saturated rings. The topological polar surface area (TPSA) is 26.3 Å². The van der Waals surface area contributed by atoms with Gasteiger partial charge in [-0.25, -0.2) is 0 Å². The first-order valence-electron chi connectivity index (χ1n) is 5.16. The smallest absolute Gasteiger partial charge is 0.303 e. The van der Waals surface area contributed by atoms with E-state index in [1.807, 2.05) is 20.8 Å². The second-order valence-corrected chi connectivity index (χ2v) is 4.24. The third kappa shape index (κ3) is 6.79. The zero-order valence-corrected chi connectivity index (χ0v) is 10.1. The van der Waals surface area contributed by atoms with Gasteiger partial charge in [-0.1, -0.05) is 11.6 Å². The van der Waals surface area contributed by atoms with E-state index in [0.29, 0.717) is 6.42 Å². The van der Waals surface area contributed by atoms with E-state index in [0.717, 1.165) is 12.8 Å². The van der Waals surface area contributed by atoms with E-state index in [1.54, 1.807) is 0 Å². The molecular weight excluding hydrogens is 188 g/mol. The van der Waals surface area contributed by atoms with Crippen molar-refractivity contribution in [2.24, 2.45) is 0 Å². The largest absolute Gasteiger partial charge is 0.459 e. The highest BCUT2D eigenvalue weighted by Gasteiger charge is 2.25. The van der Waals surface area contributed by atoms with E-state index in [1.165, 1.54) is 12.5 Å². The number of allylic oxidation sites excluding steroid dienone is 2. The first-order chi connectivity index (χ1) is 6.89. The number of terminal acetylenes is 1. The Morgan fingerprint density at radius 3 is 2.47 bits per heavy atom. The van der Waals surface area contributed by atoms with Gasteiger partial charge in [-0.2, -0.15) is 0 Å². The Kier molecular flexibility index (Phi) is 5.77. The van der Waals surface area contributed by atoms with Gasteiger partial charge in [0, 0.05) is 13.3 Å². The zero-order chi connectivity index (χ0) is 11.9. The number of ether oxygens (including phenoxy) is 1. The number of rotatable bonds is 5. The number of hydrogen-bond acceptors (Lipinski definition) is 2. The van der Waals surface area contributed by atoms with Gasteiger partial charge >= 0.3 is 5.97 Å². The van der Waals surface area contributed by atoms with Gasteiger partial charge in [-0.15, -0.1) is 12.3 Å². The van der Waals surface area contributed by atoms with Crippen molar-refractivity contribution in [2.75, 3.05) is 0 Å². The molecule has 0 bridgehead atoms. The van der Waals surface area contributed by atoms with Crippen molar-refractivity contribution in [3.63, 3.8) is 0 Å². The van der Waals surface area contributed by atoms with Crippen LogP contribution >= 0.6 is 0 Å². The molecule has 0 saturated heterocycles. The van der Waals surface area contributed by atoms with E-state index in [9.17, 15) is 4.79 Å². The average Bonchev–Trinajstić information content (AvgIpc) is 2.01. The average molecular weight is 208 g/mol. The Bertz CT molecular complexity index is 279. The van der Waals surface area contributed by atoms with Crippen LogP contribution in [0.1, 0.15) is 47.0 Å². The van der Waals surface area contributed by atoms with Crippen molar-refractivity contribution >= 4 is 5.97 Å². The van der Waals surface area contributed by atoms with Crippen LogP contribution in [0.25, 0.3) is 0 Å². The van der Waals surface area contributed by atoms with Gasteiger partial charge in [0.1, 0.15) is 5.60 Å². The summed E-state index contributed by atoms with van der Waals surface area (Å²) in [5, 5.41) is 0. The zero-order valence-electron chi connectivity index (χ0n) is 10.1.